The lowest BCUT2D eigenvalue weighted by Crippen LogP contribution is -2.12. The van der Waals surface area contributed by atoms with Crippen molar-refractivity contribution in [2.45, 2.75) is 33.4 Å². The van der Waals surface area contributed by atoms with E-state index in [1.54, 1.807) is 4.68 Å². The minimum atomic E-state index is 0.256. The van der Waals surface area contributed by atoms with Crippen molar-refractivity contribution in [3.63, 3.8) is 0 Å². The number of hydrogen-bond acceptors (Lipinski definition) is 5. The summed E-state index contributed by atoms with van der Waals surface area (Å²) in [6, 6.07) is 7.94. The van der Waals surface area contributed by atoms with Crippen LogP contribution in [0.1, 0.15) is 25.2 Å². The van der Waals surface area contributed by atoms with Crippen molar-refractivity contribution in [1.82, 2.24) is 25.0 Å². The number of aromatic nitrogens is 5. The number of hydrogen-bond donors (Lipinski definition) is 1. The van der Waals surface area contributed by atoms with Crippen LogP contribution in [0.5, 0.6) is 0 Å². The molecule has 7 heteroatoms. The Labute approximate surface area is 133 Å². The Morgan fingerprint density at radius 2 is 2.00 bits per heavy atom. The molecule has 22 heavy (non-hydrogen) atoms. The molecule has 0 aliphatic carbocycles. The molecule has 2 aromatic heterocycles. The quantitative estimate of drug-likeness (QED) is 0.801. The highest BCUT2D eigenvalue weighted by Gasteiger charge is 2.14. The van der Waals surface area contributed by atoms with Crippen LogP contribution in [0.15, 0.2) is 24.3 Å². The van der Waals surface area contributed by atoms with Crippen LogP contribution in [0.2, 0.25) is 5.02 Å². The molecule has 0 saturated carbocycles. The fraction of sp³-hybridized carbons (Fsp3) is 0.333. The number of aryl methyl sites for hydroxylation is 1. The van der Waals surface area contributed by atoms with Gasteiger partial charge in [0.2, 0.25) is 0 Å². The molecule has 2 heterocycles. The number of fused-ring (bicyclic) bond motifs is 1. The van der Waals surface area contributed by atoms with E-state index >= 15 is 0 Å². The first-order chi connectivity index (χ1) is 10.5. The molecule has 6 nitrogen and oxygen atoms in total. The highest BCUT2D eigenvalue weighted by Crippen LogP contribution is 2.21. The molecule has 1 aromatic carbocycles. The highest BCUT2D eigenvalue weighted by molar-refractivity contribution is 6.31. The molecule has 0 unspecified atom stereocenters. The SMILES string of the molecule is Cc1nc(NC(C)C)c2nnn(Cc3ccccc3Cl)c2n1. The maximum Gasteiger partial charge on any atom is 0.184 e. The second-order valence-electron chi connectivity index (χ2n) is 5.43. The summed E-state index contributed by atoms with van der Waals surface area (Å²) in [5.41, 5.74) is 2.35. The van der Waals surface area contributed by atoms with Crippen molar-refractivity contribution in [3.8, 4) is 0 Å². The Morgan fingerprint density at radius 1 is 1.23 bits per heavy atom. The normalized spacial score (nSPS) is 11.3. The van der Waals surface area contributed by atoms with Gasteiger partial charge in [-0.2, -0.15) is 0 Å². The predicted octanol–water partition coefficient (Wildman–Crippen LogP) is 3.05. The number of nitrogens with zero attached hydrogens (tertiary/aromatic N) is 5. The molecule has 1 N–H and O–H groups in total. The zero-order chi connectivity index (χ0) is 15.7. The summed E-state index contributed by atoms with van der Waals surface area (Å²) >= 11 is 6.22. The Balaban J connectivity index is 2.05. The average Bonchev–Trinajstić information content (AvgIpc) is 2.84. The summed E-state index contributed by atoms with van der Waals surface area (Å²) in [4.78, 5) is 8.89. The van der Waals surface area contributed by atoms with Crippen LogP contribution in [-0.4, -0.2) is 31.0 Å². The van der Waals surface area contributed by atoms with Crippen molar-refractivity contribution in [3.05, 3.63) is 40.7 Å². The second-order valence-corrected chi connectivity index (χ2v) is 5.84. The molecule has 0 aliphatic heterocycles. The average molecular weight is 317 g/mol. The van der Waals surface area contributed by atoms with Crippen molar-refractivity contribution in [2.75, 3.05) is 5.32 Å². The zero-order valence-electron chi connectivity index (χ0n) is 12.7. The first-order valence-corrected chi connectivity index (χ1v) is 7.50. The molecule has 3 aromatic rings. The molecular weight excluding hydrogens is 300 g/mol. The third-order valence-corrected chi connectivity index (χ3v) is 3.55. The predicted molar refractivity (Wildman–Crippen MR) is 87.2 cm³/mol. The maximum absolute atomic E-state index is 6.22. The van der Waals surface area contributed by atoms with E-state index in [0.717, 1.165) is 5.56 Å². The van der Waals surface area contributed by atoms with Gasteiger partial charge in [-0.25, -0.2) is 14.6 Å². The van der Waals surface area contributed by atoms with E-state index in [4.69, 9.17) is 11.6 Å². The number of halogens is 1. The van der Waals surface area contributed by atoms with Gasteiger partial charge in [0.25, 0.3) is 0 Å². The zero-order valence-corrected chi connectivity index (χ0v) is 13.5. The lowest BCUT2D eigenvalue weighted by molar-refractivity contribution is 0.663. The third kappa shape index (κ3) is 2.87. The molecular formula is C15H17ClN6. The Hall–Kier alpha value is -2.21. The number of benzene rings is 1. The van der Waals surface area contributed by atoms with Crippen LogP contribution in [0, 0.1) is 6.92 Å². The van der Waals surface area contributed by atoms with Crippen LogP contribution in [0.4, 0.5) is 5.82 Å². The van der Waals surface area contributed by atoms with E-state index < -0.39 is 0 Å². The molecule has 0 fully saturated rings. The molecule has 0 saturated heterocycles. The Bertz CT molecular complexity index is 811. The topological polar surface area (TPSA) is 68.5 Å². The number of rotatable bonds is 4. The molecule has 114 valence electrons. The lowest BCUT2D eigenvalue weighted by Gasteiger charge is -2.10. The standard InChI is InChI=1S/C15H17ClN6/c1-9(2)17-14-13-15(19-10(3)18-14)22(21-20-13)8-11-6-4-5-7-12(11)16/h4-7,9H,8H2,1-3H3,(H,17,18,19). The van der Waals surface area contributed by atoms with Gasteiger partial charge in [-0.3, -0.25) is 0 Å². The van der Waals surface area contributed by atoms with E-state index in [-0.39, 0.29) is 6.04 Å². The molecule has 0 bridgehead atoms. The van der Waals surface area contributed by atoms with Gasteiger partial charge in [-0.05, 0) is 32.4 Å². The molecule has 3 rings (SSSR count). The molecule has 0 spiro atoms. The summed E-state index contributed by atoms with van der Waals surface area (Å²) in [5.74, 6) is 1.39. The van der Waals surface area contributed by atoms with Crippen molar-refractivity contribution >= 4 is 28.6 Å². The van der Waals surface area contributed by atoms with Gasteiger partial charge in [0.15, 0.2) is 17.0 Å². The minimum Gasteiger partial charge on any atom is -0.366 e. The molecule has 0 radical (unpaired) electrons. The van der Waals surface area contributed by atoms with Crippen LogP contribution in [0.3, 0.4) is 0 Å². The van der Waals surface area contributed by atoms with E-state index in [0.29, 0.717) is 34.4 Å². The largest absolute Gasteiger partial charge is 0.366 e. The number of nitrogens with one attached hydrogen (secondary N) is 1. The van der Waals surface area contributed by atoms with Gasteiger partial charge in [0.1, 0.15) is 5.82 Å². The van der Waals surface area contributed by atoms with Gasteiger partial charge in [-0.1, -0.05) is 35.0 Å². The van der Waals surface area contributed by atoms with Crippen LogP contribution < -0.4 is 5.32 Å². The fourth-order valence-electron chi connectivity index (χ4n) is 2.23. The van der Waals surface area contributed by atoms with Crippen LogP contribution in [-0.2, 0) is 6.54 Å². The van der Waals surface area contributed by atoms with E-state index in [1.165, 1.54) is 0 Å². The second kappa shape index (κ2) is 5.88. The Kier molecular flexibility index (Phi) is 3.94. The molecule has 0 atom stereocenters. The monoisotopic (exact) mass is 316 g/mol. The van der Waals surface area contributed by atoms with Gasteiger partial charge in [0, 0.05) is 11.1 Å². The minimum absolute atomic E-state index is 0.256. The van der Waals surface area contributed by atoms with E-state index in [2.05, 4.69) is 39.4 Å². The first-order valence-electron chi connectivity index (χ1n) is 7.12. The van der Waals surface area contributed by atoms with E-state index in [9.17, 15) is 0 Å². The maximum atomic E-state index is 6.22. The van der Waals surface area contributed by atoms with Gasteiger partial charge >= 0.3 is 0 Å². The fourth-order valence-corrected chi connectivity index (χ4v) is 2.43. The summed E-state index contributed by atoms with van der Waals surface area (Å²) in [6.07, 6.45) is 0. The van der Waals surface area contributed by atoms with Crippen LogP contribution >= 0.6 is 11.6 Å². The van der Waals surface area contributed by atoms with Gasteiger partial charge < -0.3 is 5.32 Å². The summed E-state index contributed by atoms with van der Waals surface area (Å²) in [6.45, 7) is 6.49. The smallest absolute Gasteiger partial charge is 0.184 e. The Morgan fingerprint density at radius 3 is 2.73 bits per heavy atom. The van der Waals surface area contributed by atoms with Crippen LogP contribution in [0.25, 0.3) is 11.2 Å². The summed E-state index contributed by atoms with van der Waals surface area (Å²) < 4.78 is 1.75. The summed E-state index contributed by atoms with van der Waals surface area (Å²) in [7, 11) is 0. The molecule has 0 amide bonds. The van der Waals surface area contributed by atoms with Crippen molar-refractivity contribution in [2.24, 2.45) is 0 Å². The van der Waals surface area contributed by atoms with Crippen molar-refractivity contribution in [1.29, 1.82) is 0 Å². The lowest BCUT2D eigenvalue weighted by atomic mass is 10.2. The van der Waals surface area contributed by atoms with Crippen molar-refractivity contribution < 1.29 is 0 Å². The third-order valence-electron chi connectivity index (χ3n) is 3.18. The highest BCUT2D eigenvalue weighted by atomic mass is 35.5. The number of anilines is 1. The van der Waals surface area contributed by atoms with Gasteiger partial charge in [-0.15, -0.1) is 5.10 Å². The first kappa shape index (κ1) is 14.7. The van der Waals surface area contributed by atoms with Gasteiger partial charge in [0.05, 0.1) is 6.54 Å². The summed E-state index contributed by atoms with van der Waals surface area (Å²) in [5, 5.41) is 12.4. The van der Waals surface area contributed by atoms with E-state index in [1.807, 2.05) is 31.2 Å². The molecule has 0 aliphatic rings.